The maximum atomic E-state index is 11.7. The fourth-order valence-corrected chi connectivity index (χ4v) is 2.34. The molecular weight excluding hydrogens is 250 g/mol. The van der Waals surface area contributed by atoms with Crippen molar-refractivity contribution in [1.82, 2.24) is 4.90 Å². The molecule has 6 heteroatoms. The van der Waals surface area contributed by atoms with Crippen LogP contribution >= 0.6 is 0 Å². The van der Waals surface area contributed by atoms with Crippen LogP contribution in [0.4, 0.5) is 11.4 Å². The lowest BCUT2D eigenvalue weighted by atomic mass is 10.3. The predicted molar refractivity (Wildman–Crippen MR) is 78.3 cm³/mol. The number of nitrogens with zero attached hydrogens (tertiary/aromatic N) is 2. The van der Waals surface area contributed by atoms with Gasteiger partial charge in [0.2, 0.25) is 10.0 Å². The number of nitrogen functional groups attached to an aromatic ring is 1. The Bertz CT molecular complexity index is 455. The van der Waals surface area contributed by atoms with Crippen LogP contribution in [-0.2, 0) is 10.0 Å². The second-order valence-electron chi connectivity index (χ2n) is 4.23. The van der Waals surface area contributed by atoms with E-state index in [-0.39, 0.29) is 7.43 Å². The molecule has 1 rings (SSSR count). The lowest BCUT2D eigenvalue weighted by molar-refractivity contribution is 0.419. The SMILES string of the molecule is C.CN(C)CCN(c1ccc(N)cc1)S(C)(=O)=O. The van der Waals surface area contributed by atoms with Crippen molar-refractivity contribution in [1.29, 1.82) is 0 Å². The minimum atomic E-state index is -3.26. The summed E-state index contributed by atoms with van der Waals surface area (Å²) in [6.45, 7) is 1.09. The molecule has 0 saturated heterocycles. The first-order chi connectivity index (χ1) is 7.80. The molecule has 0 heterocycles. The van der Waals surface area contributed by atoms with Crippen molar-refractivity contribution in [3.8, 4) is 0 Å². The van der Waals surface area contributed by atoms with Crippen LogP contribution in [0.2, 0.25) is 0 Å². The quantitative estimate of drug-likeness (QED) is 0.820. The fraction of sp³-hybridized carbons (Fsp3) is 0.500. The zero-order valence-corrected chi connectivity index (χ0v) is 11.2. The van der Waals surface area contributed by atoms with E-state index in [1.807, 2.05) is 19.0 Å². The van der Waals surface area contributed by atoms with Crippen molar-refractivity contribution in [3.63, 3.8) is 0 Å². The topological polar surface area (TPSA) is 66.6 Å². The zero-order chi connectivity index (χ0) is 13.1. The molecule has 0 saturated carbocycles. The lowest BCUT2D eigenvalue weighted by Gasteiger charge is -2.24. The monoisotopic (exact) mass is 273 g/mol. The lowest BCUT2D eigenvalue weighted by Crippen LogP contribution is -2.35. The van der Waals surface area contributed by atoms with Crippen molar-refractivity contribution in [2.75, 3.05) is 43.5 Å². The van der Waals surface area contributed by atoms with Gasteiger partial charge in [0.25, 0.3) is 0 Å². The minimum absolute atomic E-state index is 0. The molecule has 0 amide bonds. The van der Waals surface area contributed by atoms with E-state index in [0.717, 1.165) is 0 Å². The summed E-state index contributed by atoms with van der Waals surface area (Å²) in [5.74, 6) is 0. The highest BCUT2D eigenvalue weighted by atomic mass is 32.2. The number of nitrogens with two attached hydrogens (primary N) is 1. The highest BCUT2D eigenvalue weighted by Gasteiger charge is 2.16. The van der Waals surface area contributed by atoms with Gasteiger partial charge in [0.05, 0.1) is 11.9 Å². The van der Waals surface area contributed by atoms with E-state index in [1.165, 1.54) is 10.6 Å². The van der Waals surface area contributed by atoms with Crippen molar-refractivity contribution in [2.45, 2.75) is 7.43 Å². The molecule has 2 N–H and O–H groups in total. The molecule has 0 radical (unpaired) electrons. The Balaban J connectivity index is 0.00000289. The normalized spacial score (nSPS) is 11.1. The molecule has 0 aliphatic rings. The van der Waals surface area contributed by atoms with Gasteiger partial charge in [-0.1, -0.05) is 7.43 Å². The summed E-state index contributed by atoms with van der Waals surface area (Å²) in [5.41, 5.74) is 6.84. The maximum Gasteiger partial charge on any atom is 0.232 e. The van der Waals surface area contributed by atoms with Gasteiger partial charge in [-0.2, -0.15) is 0 Å². The number of hydrogen-bond acceptors (Lipinski definition) is 4. The number of sulfonamides is 1. The van der Waals surface area contributed by atoms with E-state index in [9.17, 15) is 8.42 Å². The Hall–Kier alpha value is -1.27. The van der Waals surface area contributed by atoms with Gasteiger partial charge in [-0.25, -0.2) is 8.42 Å². The summed E-state index contributed by atoms with van der Waals surface area (Å²) in [5, 5.41) is 0. The summed E-state index contributed by atoms with van der Waals surface area (Å²) in [6.07, 6.45) is 1.21. The van der Waals surface area contributed by atoms with E-state index in [1.54, 1.807) is 24.3 Å². The van der Waals surface area contributed by atoms with Gasteiger partial charge in [-0.05, 0) is 38.4 Å². The van der Waals surface area contributed by atoms with Gasteiger partial charge >= 0.3 is 0 Å². The molecule has 0 atom stereocenters. The van der Waals surface area contributed by atoms with E-state index in [4.69, 9.17) is 5.73 Å². The van der Waals surface area contributed by atoms with Crippen LogP contribution in [0.3, 0.4) is 0 Å². The first kappa shape index (κ1) is 16.7. The van der Waals surface area contributed by atoms with Crippen LogP contribution in [-0.4, -0.2) is 46.8 Å². The number of likely N-dealkylation sites (N-methyl/N-ethyl adjacent to an activating group) is 1. The summed E-state index contributed by atoms with van der Waals surface area (Å²) in [4.78, 5) is 1.94. The Kier molecular flexibility index (Phi) is 6.14. The second kappa shape index (κ2) is 6.61. The molecule has 0 aromatic heterocycles. The van der Waals surface area contributed by atoms with Crippen LogP contribution in [0, 0.1) is 0 Å². The first-order valence-electron chi connectivity index (χ1n) is 5.28. The van der Waals surface area contributed by atoms with Gasteiger partial charge < -0.3 is 10.6 Å². The molecule has 0 bridgehead atoms. The van der Waals surface area contributed by atoms with Crippen molar-refractivity contribution in [3.05, 3.63) is 24.3 Å². The number of rotatable bonds is 5. The van der Waals surface area contributed by atoms with Crippen LogP contribution in [0.25, 0.3) is 0 Å². The Morgan fingerprint density at radius 3 is 2.00 bits per heavy atom. The average molecular weight is 273 g/mol. The fourth-order valence-electron chi connectivity index (χ4n) is 1.42. The third-order valence-corrected chi connectivity index (χ3v) is 3.53. The van der Waals surface area contributed by atoms with Gasteiger partial charge in [0.15, 0.2) is 0 Å². The van der Waals surface area contributed by atoms with Crippen molar-refractivity contribution in [2.24, 2.45) is 0 Å². The Morgan fingerprint density at radius 1 is 1.11 bits per heavy atom. The van der Waals surface area contributed by atoms with E-state index in [2.05, 4.69) is 0 Å². The molecule has 1 aromatic rings. The molecular formula is C12H23N3O2S. The average Bonchev–Trinajstić information content (AvgIpc) is 2.18. The first-order valence-corrected chi connectivity index (χ1v) is 7.13. The van der Waals surface area contributed by atoms with Crippen LogP contribution in [0.15, 0.2) is 24.3 Å². The van der Waals surface area contributed by atoms with Crippen molar-refractivity contribution >= 4 is 21.4 Å². The van der Waals surface area contributed by atoms with Gasteiger partial charge in [0.1, 0.15) is 0 Å². The van der Waals surface area contributed by atoms with E-state index >= 15 is 0 Å². The molecule has 0 aliphatic carbocycles. The predicted octanol–water partition coefficient (Wildman–Crippen LogP) is 1.23. The zero-order valence-electron chi connectivity index (χ0n) is 10.4. The van der Waals surface area contributed by atoms with Crippen LogP contribution < -0.4 is 10.0 Å². The summed E-state index contributed by atoms with van der Waals surface area (Å²) >= 11 is 0. The number of anilines is 2. The highest BCUT2D eigenvalue weighted by Crippen LogP contribution is 2.18. The van der Waals surface area contributed by atoms with Crippen molar-refractivity contribution < 1.29 is 8.42 Å². The third kappa shape index (κ3) is 4.93. The number of benzene rings is 1. The molecule has 0 unspecified atom stereocenters. The molecule has 18 heavy (non-hydrogen) atoms. The summed E-state index contributed by atoms with van der Waals surface area (Å²) in [6, 6.07) is 6.82. The Labute approximate surface area is 110 Å². The minimum Gasteiger partial charge on any atom is -0.399 e. The molecule has 0 aliphatic heterocycles. The second-order valence-corrected chi connectivity index (χ2v) is 6.14. The van der Waals surface area contributed by atoms with E-state index in [0.29, 0.717) is 24.5 Å². The molecule has 1 aromatic carbocycles. The molecule has 0 fully saturated rings. The number of hydrogen-bond donors (Lipinski definition) is 1. The van der Waals surface area contributed by atoms with Gasteiger partial charge in [-0.15, -0.1) is 0 Å². The Morgan fingerprint density at radius 2 is 1.61 bits per heavy atom. The summed E-state index contributed by atoms with van der Waals surface area (Å²) < 4.78 is 24.8. The highest BCUT2D eigenvalue weighted by molar-refractivity contribution is 7.92. The van der Waals surface area contributed by atoms with Gasteiger partial charge in [0, 0.05) is 18.8 Å². The maximum absolute atomic E-state index is 11.7. The molecule has 5 nitrogen and oxygen atoms in total. The van der Waals surface area contributed by atoms with E-state index < -0.39 is 10.0 Å². The van der Waals surface area contributed by atoms with Crippen LogP contribution in [0.5, 0.6) is 0 Å². The molecule has 104 valence electrons. The molecule has 0 spiro atoms. The van der Waals surface area contributed by atoms with Crippen LogP contribution in [0.1, 0.15) is 7.43 Å². The third-order valence-electron chi connectivity index (χ3n) is 2.33. The van der Waals surface area contributed by atoms with Gasteiger partial charge in [-0.3, -0.25) is 4.31 Å². The largest absolute Gasteiger partial charge is 0.399 e. The smallest absolute Gasteiger partial charge is 0.232 e. The standard InChI is InChI=1S/C11H19N3O2S.CH4/c1-13(2)8-9-14(17(3,15)16)11-6-4-10(12)5-7-11;/h4-7H,8-9,12H2,1-3H3;1H4. The summed E-state index contributed by atoms with van der Waals surface area (Å²) in [7, 11) is 0.552.